The van der Waals surface area contributed by atoms with Gasteiger partial charge >= 0.3 is 6.03 Å². The zero-order chi connectivity index (χ0) is 30.5. The minimum Gasteiger partial charge on any atom is -0.383 e. The van der Waals surface area contributed by atoms with E-state index in [-0.39, 0.29) is 0 Å². The number of nitrogens with zero attached hydrogens (tertiary/aromatic N) is 6. The number of hydrogen-bond acceptors (Lipinski definition) is 8. The molecule has 0 saturated carbocycles. The molecule has 43 heavy (non-hydrogen) atoms. The van der Waals surface area contributed by atoms with Crippen molar-refractivity contribution in [3.05, 3.63) is 89.5 Å². The van der Waals surface area contributed by atoms with Gasteiger partial charge in [-0.3, -0.25) is 10.2 Å². The van der Waals surface area contributed by atoms with Crippen LogP contribution in [0, 0.1) is 18.6 Å². The smallest absolute Gasteiger partial charge is 0.320 e. The van der Waals surface area contributed by atoms with Crippen molar-refractivity contribution in [3.8, 4) is 16.9 Å². The maximum atomic E-state index is 14.1. The van der Waals surface area contributed by atoms with Gasteiger partial charge in [0.05, 0.1) is 24.9 Å². The molecule has 4 aromatic rings. The molecule has 1 fully saturated rings. The van der Waals surface area contributed by atoms with Crippen LogP contribution in [0.4, 0.5) is 19.4 Å². The van der Waals surface area contributed by atoms with Crippen LogP contribution in [0.1, 0.15) is 23.1 Å². The lowest BCUT2D eigenvalue weighted by atomic mass is 10.0. The Labute approximate surface area is 248 Å². The van der Waals surface area contributed by atoms with Gasteiger partial charge in [0.15, 0.2) is 11.6 Å². The van der Waals surface area contributed by atoms with E-state index in [1.54, 1.807) is 29.2 Å². The Balaban J connectivity index is 1.42. The van der Waals surface area contributed by atoms with Crippen molar-refractivity contribution < 1.29 is 23.1 Å². The van der Waals surface area contributed by atoms with E-state index in [9.17, 15) is 13.6 Å². The predicted molar refractivity (Wildman–Crippen MR) is 156 cm³/mol. The minimum absolute atomic E-state index is 0.305. The summed E-state index contributed by atoms with van der Waals surface area (Å²) in [5, 5.41) is 12.4. The standard InChI is InChI=1S/C30H34F2N8O3/c1-19-27(21-15-33-26(34-16-21)18-38(2)3)37-40(22-8-6-5-7-9-22)29(19)36-30(41)35-25-17-39(12-13-42-4)43-28(25)20-10-11-23(31)24(32)14-20/h5-11,14-16,25,28H,12-13,17-18H2,1-4H3,(H2,35,36,41)/t25-,28+/m1/s1. The van der Waals surface area contributed by atoms with Gasteiger partial charge in [0.2, 0.25) is 0 Å². The van der Waals surface area contributed by atoms with Crippen molar-refractivity contribution in [1.29, 1.82) is 0 Å². The van der Waals surface area contributed by atoms with Crippen LogP contribution in [0.15, 0.2) is 60.9 Å². The van der Waals surface area contributed by atoms with Crippen LogP contribution in [-0.4, -0.2) is 82.7 Å². The molecule has 226 valence electrons. The van der Waals surface area contributed by atoms with Gasteiger partial charge in [0.25, 0.3) is 0 Å². The average molecular weight is 593 g/mol. The van der Waals surface area contributed by atoms with Crippen molar-refractivity contribution in [2.75, 3.05) is 46.2 Å². The lowest BCUT2D eigenvalue weighted by Gasteiger charge is -2.20. The van der Waals surface area contributed by atoms with Crippen LogP contribution in [-0.2, 0) is 16.1 Å². The first-order chi connectivity index (χ1) is 20.7. The van der Waals surface area contributed by atoms with Crippen molar-refractivity contribution in [1.82, 2.24) is 35.0 Å². The lowest BCUT2D eigenvalue weighted by molar-refractivity contribution is -0.154. The molecule has 2 aromatic carbocycles. The van der Waals surface area contributed by atoms with Gasteiger partial charge < -0.3 is 15.0 Å². The maximum Gasteiger partial charge on any atom is 0.320 e. The number of amides is 2. The Bertz CT molecular complexity index is 1550. The van der Waals surface area contributed by atoms with Crippen molar-refractivity contribution in [2.24, 2.45) is 0 Å². The molecular weight excluding hydrogens is 558 g/mol. The van der Waals surface area contributed by atoms with E-state index in [1.165, 1.54) is 6.07 Å². The molecule has 1 aliphatic heterocycles. The number of ether oxygens (including phenoxy) is 1. The van der Waals surface area contributed by atoms with Gasteiger partial charge in [-0.05, 0) is 50.8 Å². The molecule has 2 atom stereocenters. The van der Waals surface area contributed by atoms with Gasteiger partial charge in [0, 0.05) is 43.7 Å². The first kappa shape index (κ1) is 30.2. The van der Waals surface area contributed by atoms with E-state index in [1.807, 2.05) is 56.3 Å². The number of urea groups is 1. The predicted octanol–water partition coefficient (Wildman–Crippen LogP) is 4.10. The van der Waals surface area contributed by atoms with E-state index in [2.05, 4.69) is 20.6 Å². The molecule has 2 amide bonds. The molecule has 0 unspecified atom stereocenters. The lowest BCUT2D eigenvalue weighted by Crippen LogP contribution is -2.42. The van der Waals surface area contributed by atoms with E-state index < -0.39 is 29.8 Å². The fourth-order valence-corrected chi connectivity index (χ4v) is 4.86. The topological polar surface area (TPSA) is 110 Å². The van der Waals surface area contributed by atoms with Crippen LogP contribution >= 0.6 is 0 Å². The zero-order valence-corrected chi connectivity index (χ0v) is 24.4. The third-order valence-electron chi connectivity index (χ3n) is 6.95. The third kappa shape index (κ3) is 7.03. The highest BCUT2D eigenvalue weighted by atomic mass is 19.2. The highest BCUT2D eigenvalue weighted by Gasteiger charge is 2.37. The summed E-state index contributed by atoms with van der Waals surface area (Å²) in [6.07, 6.45) is 2.69. The molecule has 2 N–H and O–H groups in total. The van der Waals surface area contributed by atoms with Crippen LogP contribution in [0.3, 0.4) is 0 Å². The number of benzene rings is 2. The summed E-state index contributed by atoms with van der Waals surface area (Å²) >= 11 is 0. The number of hydrogen-bond donors (Lipinski definition) is 2. The largest absolute Gasteiger partial charge is 0.383 e. The van der Waals surface area contributed by atoms with Gasteiger partial charge in [-0.25, -0.2) is 28.2 Å². The summed E-state index contributed by atoms with van der Waals surface area (Å²) in [5.74, 6) is -0.817. The quantitative estimate of drug-likeness (QED) is 0.283. The highest BCUT2D eigenvalue weighted by Crippen LogP contribution is 2.32. The second kappa shape index (κ2) is 13.3. The second-order valence-electron chi connectivity index (χ2n) is 10.5. The minimum atomic E-state index is -0.992. The molecular formula is C30H34F2N8O3. The van der Waals surface area contributed by atoms with Gasteiger partial charge in [-0.1, -0.05) is 24.3 Å². The maximum absolute atomic E-state index is 14.1. The fraction of sp³-hybridized carbons (Fsp3) is 0.333. The summed E-state index contributed by atoms with van der Waals surface area (Å²) < 4.78 is 34.6. The Morgan fingerprint density at radius 3 is 2.53 bits per heavy atom. The number of anilines is 1. The fourth-order valence-electron chi connectivity index (χ4n) is 4.86. The number of nitrogens with one attached hydrogen (secondary N) is 2. The number of halogens is 2. The molecule has 11 nitrogen and oxygen atoms in total. The summed E-state index contributed by atoms with van der Waals surface area (Å²) in [7, 11) is 5.46. The first-order valence-corrected chi connectivity index (χ1v) is 13.8. The number of aromatic nitrogens is 4. The highest BCUT2D eigenvalue weighted by molar-refractivity contribution is 5.91. The SMILES string of the molecule is COCCN1C[C@@H](NC(=O)Nc2c(C)c(-c3cnc(CN(C)C)nc3)nn2-c2ccccc2)[C@H](c2ccc(F)c(F)c2)O1. The number of carbonyl (C=O) groups is 1. The van der Waals surface area contributed by atoms with Gasteiger partial charge in [0.1, 0.15) is 23.4 Å². The number of rotatable bonds is 10. The molecule has 1 saturated heterocycles. The number of para-hydroxylation sites is 1. The normalized spacial score (nSPS) is 17.0. The van der Waals surface area contributed by atoms with Crippen molar-refractivity contribution in [3.63, 3.8) is 0 Å². The average Bonchev–Trinajstić information content (AvgIpc) is 3.54. The molecule has 0 radical (unpaired) electrons. The number of hydroxylamine groups is 2. The third-order valence-corrected chi connectivity index (χ3v) is 6.95. The Kier molecular flexibility index (Phi) is 9.36. The van der Waals surface area contributed by atoms with E-state index in [0.717, 1.165) is 17.8 Å². The van der Waals surface area contributed by atoms with Crippen LogP contribution in [0.25, 0.3) is 16.9 Å². The summed E-state index contributed by atoms with van der Waals surface area (Å²) in [5.41, 5.74) is 3.17. The monoisotopic (exact) mass is 592 g/mol. The Morgan fingerprint density at radius 1 is 1.12 bits per heavy atom. The zero-order valence-electron chi connectivity index (χ0n) is 24.4. The Morgan fingerprint density at radius 2 is 1.86 bits per heavy atom. The molecule has 0 bridgehead atoms. The summed E-state index contributed by atoms with van der Waals surface area (Å²) in [6.45, 7) is 3.58. The molecule has 5 rings (SSSR count). The van der Waals surface area contributed by atoms with E-state index >= 15 is 0 Å². The summed E-state index contributed by atoms with van der Waals surface area (Å²) in [4.78, 5) is 30.4. The molecule has 0 spiro atoms. The first-order valence-electron chi connectivity index (χ1n) is 13.8. The van der Waals surface area contributed by atoms with Crippen LogP contribution in [0.2, 0.25) is 0 Å². The van der Waals surface area contributed by atoms with Crippen molar-refractivity contribution >= 4 is 11.8 Å². The molecule has 3 heterocycles. The van der Waals surface area contributed by atoms with Crippen molar-refractivity contribution in [2.45, 2.75) is 25.6 Å². The molecule has 1 aliphatic rings. The number of methoxy groups -OCH3 is 1. The van der Waals surface area contributed by atoms with Gasteiger partial charge in [-0.2, -0.15) is 10.2 Å². The van der Waals surface area contributed by atoms with Gasteiger partial charge in [-0.15, -0.1) is 0 Å². The molecule has 13 heteroatoms. The number of carbonyl (C=O) groups excluding carboxylic acids is 1. The Hall–Kier alpha value is -4.30. The second-order valence-corrected chi connectivity index (χ2v) is 10.5. The molecule has 2 aromatic heterocycles. The van der Waals surface area contributed by atoms with E-state index in [0.29, 0.717) is 60.3 Å². The summed E-state index contributed by atoms with van der Waals surface area (Å²) in [6, 6.07) is 11.9. The van der Waals surface area contributed by atoms with Crippen LogP contribution in [0.5, 0.6) is 0 Å². The molecule has 0 aliphatic carbocycles. The van der Waals surface area contributed by atoms with Crippen LogP contribution < -0.4 is 10.6 Å². The van der Waals surface area contributed by atoms with E-state index in [4.69, 9.17) is 14.7 Å².